The first-order valence-corrected chi connectivity index (χ1v) is 9.69. The molecule has 0 aromatic heterocycles. The maximum Gasteiger partial charge on any atom is 0.222 e. The van der Waals surface area contributed by atoms with Gasteiger partial charge in [-0.3, -0.25) is 4.79 Å². The zero-order valence-corrected chi connectivity index (χ0v) is 15.6. The van der Waals surface area contributed by atoms with Crippen LogP contribution in [-0.2, 0) is 4.79 Å². The number of carbonyl (C=O) groups excluding carboxylic acids is 1. The van der Waals surface area contributed by atoms with Crippen molar-refractivity contribution in [3.05, 3.63) is 36.2 Å². The van der Waals surface area contributed by atoms with E-state index in [1.165, 1.54) is 6.33 Å². The van der Waals surface area contributed by atoms with Gasteiger partial charge in [0.25, 0.3) is 0 Å². The molecule has 1 aromatic rings. The molecular weight excluding hydrogens is 354 g/mol. The Morgan fingerprint density at radius 3 is 2.93 bits per heavy atom. The summed E-state index contributed by atoms with van der Waals surface area (Å²) in [6, 6.07) is 8.07. The molecule has 5 N–H and O–H groups in total. The smallest absolute Gasteiger partial charge is 0.222 e. The normalized spacial score (nSPS) is 25.9. The molecule has 5 rings (SSSR count). The standard InChI is InChI=1S/C20H23N7O/c1-10-3-2-4-13(7-10)24-20-26-18-16(22-9-23-18)19(27-20)25-15-12-6-5-11(8-12)14(15)17(21)28/h2-4,7,9,11-12,14-15H,5-6,8H2,1H3,(H2,21,28)(H3,22,23,24,25,26,27). The van der Waals surface area contributed by atoms with E-state index in [4.69, 9.17) is 5.73 Å². The molecule has 1 amide bonds. The lowest BCUT2D eigenvalue weighted by Gasteiger charge is -2.30. The van der Waals surface area contributed by atoms with Gasteiger partial charge >= 0.3 is 0 Å². The molecule has 2 bridgehead atoms. The van der Waals surface area contributed by atoms with Crippen molar-refractivity contribution in [2.45, 2.75) is 32.2 Å². The van der Waals surface area contributed by atoms with E-state index in [1.807, 2.05) is 31.2 Å². The summed E-state index contributed by atoms with van der Waals surface area (Å²) < 4.78 is 0. The monoisotopic (exact) mass is 377 g/mol. The minimum Gasteiger partial charge on any atom is -0.369 e. The van der Waals surface area contributed by atoms with Crippen molar-refractivity contribution in [2.75, 3.05) is 10.6 Å². The van der Waals surface area contributed by atoms with Crippen molar-refractivity contribution in [3.8, 4) is 11.5 Å². The molecule has 1 aromatic carbocycles. The predicted octanol–water partition coefficient (Wildman–Crippen LogP) is 2.67. The number of hydrogen-bond acceptors (Lipinski definition) is 6. The van der Waals surface area contributed by atoms with E-state index in [2.05, 4.69) is 30.6 Å². The van der Waals surface area contributed by atoms with Crippen LogP contribution in [0.15, 0.2) is 30.6 Å². The Labute approximate surface area is 162 Å². The van der Waals surface area contributed by atoms with Crippen LogP contribution in [0, 0.1) is 24.7 Å². The number of nitrogens with one attached hydrogen (secondary N) is 3. The molecule has 2 saturated carbocycles. The number of aromatic nitrogens is 4. The summed E-state index contributed by atoms with van der Waals surface area (Å²) in [6.07, 6.45) is 4.77. The molecule has 144 valence electrons. The van der Waals surface area contributed by atoms with Crippen molar-refractivity contribution < 1.29 is 4.79 Å². The van der Waals surface area contributed by atoms with E-state index in [-0.39, 0.29) is 17.9 Å². The Balaban J connectivity index is 1.47. The summed E-state index contributed by atoms with van der Waals surface area (Å²) in [7, 11) is 0. The number of aromatic amines is 1. The van der Waals surface area contributed by atoms with E-state index in [9.17, 15) is 4.79 Å². The van der Waals surface area contributed by atoms with Gasteiger partial charge in [0.1, 0.15) is 17.8 Å². The van der Waals surface area contributed by atoms with Crippen LogP contribution in [0.25, 0.3) is 11.5 Å². The maximum absolute atomic E-state index is 12.1. The SMILES string of the molecule is Cc1cccc(Nc2nc3ncnc-3c(NC3C4CCC(C4)C3C(N)=O)[nH]2)c1. The molecule has 2 fully saturated rings. The molecule has 0 radical (unpaired) electrons. The quantitative estimate of drug-likeness (QED) is 0.542. The van der Waals surface area contributed by atoms with Crippen molar-refractivity contribution in [3.63, 3.8) is 0 Å². The number of primary amides is 1. The molecule has 28 heavy (non-hydrogen) atoms. The van der Waals surface area contributed by atoms with E-state index in [1.54, 1.807) is 0 Å². The maximum atomic E-state index is 12.1. The molecule has 8 nitrogen and oxygen atoms in total. The third-order valence-corrected chi connectivity index (χ3v) is 6.11. The second kappa shape index (κ2) is 6.47. The molecule has 2 heterocycles. The fourth-order valence-electron chi connectivity index (χ4n) is 4.93. The lowest BCUT2D eigenvalue weighted by Crippen LogP contribution is -2.42. The van der Waals surface area contributed by atoms with E-state index < -0.39 is 0 Å². The van der Waals surface area contributed by atoms with Gasteiger partial charge in [0.05, 0.1) is 5.92 Å². The first-order chi connectivity index (χ1) is 13.6. The fraction of sp³-hybridized carbons (Fsp3) is 0.400. The van der Waals surface area contributed by atoms with Crippen molar-refractivity contribution in [1.82, 2.24) is 19.9 Å². The second-order valence-electron chi connectivity index (χ2n) is 7.93. The summed E-state index contributed by atoms with van der Waals surface area (Å²) >= 11 is 0. The number of nitrogens with zero attached hydrogens (tertiary/aromatic N) is 3. The third-order valence-electron chi connectivity index (χ3n) is 6.11. The highest BCUT2D eigenvalue weighted by atomic mass is 16.1. The Morgan fingerprint density at radius 1 is 1.25 bits per heavy atom. The van der Waals surface area contributed by atoms with Gasteiger partial charge in [-0.2, -0.15) is 4.98 Å². The number of carbonyl (C=O) groups is 1. The number of imidazole rings is 1. The highest BCUT2D eigenvalue weighted by molar-refractivity contribution is 5.80. The Morgan fingerprint density at radius 2 is 2.11 bits per heavy atom. The average Bonchev–Trinajstić information content (AvgIpc) is 3.37. The number of aryl methyl sites for hydroxylation is 1. The van der Waals surface area contributed by atoms with Crippen LogP contribution in [0.1, 0.15) is 24.8 Å². The summed E-state index contributed by atoms with van der Waals surface area (Å²) in [4.78, 5) is 28.5. The van der Waals surface area contributed by atoms with Crippen molar-refractivity contribution in [1.29, 1.82) is 0 Å². The van der Waals surface area contributed by atoms with E-state index in [0.29, 0.717) is 29.3 Å². The highest BCUT2D eigenvalue weighted by Gasteiger charge is 2.50. The molecule has 4 aliphatic rings. The van der Waals surface area contributed by atoms with E-state index in [0.717, 1.165) is 36.3 Å². The molecule has 2 aliphatic carbocycles. The molecule has 4 unspecified atom stereocenters. The van der Waals surface area contributed by atoms with Crippen molar-refractivity contribution >= 4 is 23.4 Å². The zero-order chi connectivity index (χ0) is 19.3. The Hall–Kier alpha value is -3.16. The molecule has 4 atom stereocenters. The van der Waals surface area contributed by atoms with Gasteiger partial charge in [0.15, 0.2) is 5.82 Å². The summed E-state index contributed by atoms with van der Waals surface area (Å²) in [6.45, 7) is 2.04. The number of amides is 1. The largest absolute Gasteiger partial charge is 0.369 e. The second-order valence-corrected chi connectivity index (χ2v) is 7.93. The first kappa shape index (κ1) is 17.0. The van der Waals surface area contributed by atoms with E-state index >= 15 is 0 Å². The van der Waals surface area contributed by atoms with Gasteiger partial charge in [0, 0.05) is 11.7 Å². The van der Waals surface area contributed by atoms with Crippen LogP contribution < -0.4 is 16.4 Å². The number of anilines is 3. The Kier molecular flexibility index (Phi) is 3.92. The lowest BCUT2D eigenvalue weighted by molar-refractivity contribution is -0.123. The van der Waals surface area contributed by atoms with Gasteiger partial charge < -0.3 is 21.4 Å². The minimum atomic E-state index is -0.221. The summed E-state index contributed by atoms with van der Waals surface area (Å²) in [5.74, 6) is 2.31. The topological polar surface area (TPSA) is 122 Å². The van der Waals surface area contributed by atoms with Crippen LogP contribution in [0.3, 0.4) is 0 Å². The van der Waals surface area contributed by atoms with Gasteiger partial charge in [-0.25, -0.2) is 9.97 Å². The average molecular weight is 377 g/mol. The number of H-pyrrole nitrogens is 1. The van der Waals surface area contributed by atoms with Gasteiger partial charge in [-0.05, 0) is 55.7 Å². The first-order valence-electron chi connectivity index (χ1n) is 9.69. The van der Waals surface area contributed by atoms with Crippen LogP contribution in [0.5, 0.6) is 0 Å². The number of fused-ring (bicyclic) bond motifs is 3. The minimum absolute atomic E-state index is 0.0154. The van der Waals surface area contributed by atoms with Crippen LogP contribution in [0.2, 0.25) is 0 Å². The number of nitrogens with two attached hydrogens (primary N) is 1. The molecule has 8 heteroatoms. The van der Waals surface area contributed by atoms with Gasteiger partial charge in [-0.1, -0.05) is 12.1 Å². The summed E-state index contributed by atoms with van der Waals surface area (Å²) in [5, 5.41) is 6.83. The molecule has 0 spiro atoms. The van der Waals surface area contributed by atoms with Crippen LogP contribution in [-0.4, -0.2) is 31.9 Å². The summed E-state index contributed by atoms with van der Waals surface area (Å²) in [5.41, 5.74) is 8.48. The third kappa shape index (κ3) is 2.85. The van der Waals surface area contributed by atoms with Crippen molar-refractivity contribution in [2.24, 2.45) is 23.5 Å². The highest BCUT2D eigenvalue weighted by Crippen LogP contribution is 2.49. The number of rotatable bonds is 5. The molecule has 0 saturated heterocycles. The number of hydrogen-bond donors (Lipinski definition) is 4. The Bertz CT molecular complexity index is 1000. The zero-order valence-electron chi connectivity index (χ0n) is 15.6. The predicted molar refractivity (Wildman–Crippen MR) is 106 cm³/mol. The van der Waals surface area contributed by atoms with Crippen LogP contribution >= 0.6 is 0 Å². The lowest BCUT2D eigenvalue weighted by atomic mass is 9.84. The van der Waals surface area contributed by atoms with Gasteiger partial charge in [-0.15, -0.1) is 0 Å². The number of benzene rings is 1. The van der Waals surface area contributed by atoms with Crippen LogP contribution in [0.4, 0.5) is 17.5 Å². The van der Waals surface area contributed by atoms with Gasteiger partial charge in [0.2, 0.25) is 11.9 Å². The molecule has 2 aliphatic heterocycles. The fourth-order valence-corrected chi connectivity index (χ4v) is 4.93. The molecular formula is C20H23N7O.